The van der Waals surface area contributed by atoms with Gasteiger partial charge in [0.1, 0.15) is 0 Å². The highest BCUT2D eigenvalue weighted by Gasteiger charge is 2.12. The predicted octanol–water partition coefficient (Wildman–Crippen LogP) is 6.03. The van der Waals surface area contributed by atoms with Gasteiger partial charge >= 0.3 is 0 Å². The van der Waals surface area contributed by atoms with Crippen LogP contribution in [0.15, 0.2) is 72.9 Å². The van der Waals surface area contributed by atoms with Crippen LogP contribution < -0.4 is 19.5 Å². The zero-order valence-electron chi connectivity index (χ0n) is 20.2. The van der Waals surface area contributed by atoms with Crippen molar-refractivity contribution in [3.8, 4) is 17.2 Å². The van der Waals surface area contributed by atoms with Crippen molar-refractivity contribution in [2.45, 2.75) is 0 Å². The lowest BCUT2D eigenvalue weighted by Crippen LogP contribution is -2.07. The van der Waals surface area contributed by atoms with Crippen molar-refractivity contribution in [1.29, 1.82) is 0 Å². The molecule has 1 aromatic heterocycles. The number of benzene rings is 3. The SMILES string of the molecule is COc1cc(C=Cc2cccc(NC(=O)/C=C/c3cn(C)c4ccccc34)c2)cc(OC)c1OC. The summed E-state index contributed by atoms with van der Waals surface area (Å²) >= 11 is 0. The second-order valence-corrected chi connectivity index (χ2v) is 7.95. The van der Waals surface area contributed by atoms with Gasteiger partial charge in [0.15, 0.2) is 11.5 Å². The zero-order valence-corrected chi connectivity index (χ0v) is 20.2. The van der Waals surface area contributed by atoms with Crippen LogP contribution in [0, 0.1) is 0 Å². The van der Waals surface area contributed by atoms with Crippen LogP contribution >= 0.6 is 0 Å². The van der Waals surface area contributed by atoms with Gasteiger partial charge < -0.3 is 24.1 Å². The lowest BCUT2D eigenvalue weighted by molar-refractivity contribution is -0.111. The van der Waals surface area contributed by atoms with E-state index in [1.165, 1.54) is 0 Å². The van der Waals surface area contributed by atoms with Crippen LogP contribution in [0.5, 0.6) is 17.2 Å². The van der Waals surface area contributed by atoms with Crippen molar-refractivity contribution in [3.63, 3.8) is 0 Å². The molecule has 0 radical (unpaired) electrons. The van der Waals surface area contributed by atoms with Crippen LogP contribution in [0.2, 0.25) is 0 Å². The fourth-order valence-electron chi connectivity index (χ4n) is 3.97. The monoisotopic (exact) mass is 468 g/mol. The van der Waals surface area contributed by atoms with Crippen molar-refractivity contribution in [1.82, 2.24) is 4.57 Å². The molecule has 0 fully saturated rings. The molecule has 3 aromatic carbocycles. The van der Waals surface area contributed by atoms with E-state index in [2.05, 4.69) is 22.0 Å². The highest BCUT2D eigenvalue weighted by molar-refractivity contribution is 6.03. The van der Waals surface area contributed by atoms with Crippen LogP contribution in [0.1, 0.15) is 16.7 Å². The number of amides is 1. The normalized spacial score (nSPS) is 11.3. The standard InChI is InChI=1S/C29H28N2O4/c1-31-19-22(24-10-5-6-11-25(24)31)14-15-28(32)30-23-9-7-8-20(16-23)12-13-21-17-26(33-2)29(35-4)27(18-21)34-3/h5-19H,1-4H3,(H,30,32)/b13-12?,15-14+. The quantitative estimate of drug-likeness (QED) is 0.253. The van der Waals surface area contributed by atoms with Crippen LogP contribution in [0.25, 0.3) is 29.1 Å². The zero-order chi connectivity index (χ0) is 24.8. The number of anilines is 1. The number of fused-ring (bicyclic) bond motifs is 1. The Balaban J connectivity index is 1.48. The fraction of sp³-hybridized carbons (Fsp3) is 0.138. The molecule has 0 saturated heterocycles. The number of ether oxygens (including phenoxy) is 3. The van der Waals surface area contributed by atoms with Gasteiger partial charge in [0, 0.05) is 41.5 Å². The van der Waals surface area contributed by atoms with Crippen molar-refractivity contribution in [2.75, 3.05) is 26.6 Å². The van der Waals surface area contributed by atoms with Crippen LogP contribution in [0.4, 0.5) is 5.69 Å². The van der Waals surface area contributed by atoms with Crippen molar-refractivity contribution in [2.24, 2.45) is 7.05 Å². The molecule has 6 heteroatoms. The minimum atomic E-state index is -0.191. The molecular weight excluding hydrogens is 440 g/mol. The molecule has 4 aromatic rings. The molecule has 35 heavy (non-hydrogen) atoms. The average molecular weight is 469 g/mol. The topological polar surface area (TPSA) is 61.7 Å². The van der Waals surface area contributed by atoms with E-state index >= 15 is 0 Å². The molecule has 1 heterocycles. The Hall–Kier alpha value is -4.45. The molecule has 0 saturated carbocycles. The first-order valence-corrected chi connectivity index (χ1v) is 11.1. The van der Waals surface area contributed by atoms with Crippen molar-refractivity contribution >= 4 is 40.7 Å². The van der Waals surface area contributed by atoms with E-state index < -0.39 is 0 Å². The number of carbonyl (C=O) groups excluding carboxylic acids is 1. The summed E-state index contributed by atoms with van der Waals surface area (Å²) in [5.74, 6) is 1.54. The number of carbonyl (C=O) groups is 1. The van der Waals surface area contributed by atoms with E-state index in [9.17, 15) is 4.79 Å². The van der Waals surface area contributed by atoms with Gasteiger partial charge in [-0.2, -0.15) is 0 Å². The van der Waals surface area contributed by atoms with Gasteiger partial charge in [0.05, 0.1) is 21.3 Å². The fourth-order valence-corrected chi connectivity index (χ4v) is 3.97. The third kappa shape index (κ3) is 5.38. The third-order valence-electron chi connectivity index (χ3n) is 5.65. The summed E-state index contributed by atoms with van der Waals surface area (Å²) in [7, 11) is 6.75. The second kappa shape index (κ2) is 10.7. The molecule has 1 N–H and O–H groups in total. The summed E-state index contributed by atoms with van der Waals surface area (Å²) in [4.78, 5) is 12.6. The van der Waals surface area contributed by atoms with Gasteiger partial charge in [0.25, 0.3) is 0 Å². The minimum Gasteiger partial charge on any atom is -0.493 e. The van der Waals surface area contributed by atoms with Crippen LogP contribution in [-0.4, -0.2) is 31.8 Å². The van der Waals surface area contributed by atoms with Gasteiger partial charge in [-0.1, -0.05) is 42.5 Å². The van der Waals surface area contributed by atoms with Gasteiger partial charge in [0.2, 0.25) is 11.7 Å². The molecule has 0 aliphatic rings. The number of aromatic nitrogens is 1. The number of nitrogens with one attached hydrogen (secondary N) is 1. The minimum absolute atomic E-state index is 0.191. The molecule has 0 unspecified atom stereocenters. The third-order valence-corrected chi connectivity index (χ3v) is 5.65. The summed E-state index contributed by atoms with van der Waals surface area (Å²) in [6, 6.07) is 19.5. The summed E-state index contributed by atoms with van der Waals surface area (Å²) in [5, 5.41) is 4.04. The van der Waals surface area contributed by atoms with Gasteiger partial charge in [-0.15, -0.1) is 0 Å². The first-order valence-electron chi connectivity index (χ1n) is 11.1. The number of para-hydroxylation sites is 1. The Morgan fingerprint density at radius 3 is 2.26 bits per heavy atom. The number of nitrogens with zero attached hydrogens (tertiary/aromatic N) is 1. The van der Waals surface area contributed by atoms with Gasteiger partial charge in [-0.3, -0.25) is 4.79 Å². The van der Waals surface area contributed by atoms with E-state index in [0.717, 1.165) is 27.6 Å². The van der Waals surface area contributed by atoms with E-state index in [1.807, 2.05) is 80.0 Å². The Labute approximate surface area is 205 Å². The van der Waals surface area contributed by atoms with E-state index in [-0.39, 0.29) is 5.91 Å². The molecule has 178 valence electrons. The predicted molar refractivity (Wildman–Crippen MR) is 142 cm³/mol. The van der Waals surface area contributed by atoms with Gasteiger partial charge in [-0.25, -0.2) is 0 Å². The maximum Gasteiger partial charge on any atom is 0.248 e. The maximum atomic E-state index is 12.6. The first-order chi connectivity index (χ1) is 17.0. The van der Waals surface area contributed by atoms with Crippen LogP contribution in [-0.2, 0) is 11.8 Å². The van der Waals surface area contributed by atoms with E-state index in [4.69, 9.17) is 14.2 Å². The molecule has 0 spiro atoms. The molecule has 4 rings (SSSR count). The lowest BCUT2D eigenvalue weighted by atomic mass is 10.1. The second-order valence-electron chi connectivity index (χ2n) is 7.95. The van der Waals surface area contributed by atoms with Crippen molar-refractivity contribution in [3.05, 3.63) is 89.6 Å². The van der Waals surface area contributed by atoms with Gasteiger partial charge in [-0.05, 0) is 47.5 Å². The smallest absolute Gasteiger partial charge is 0.248 e. The number of hydrogen-bond acceptors (Lipinski definition) is 4. The molecule has 1 amide bonds. The molecule has 0 aliphatic heterocycles. The number of rotatable bonds is 8. The number of aryl methyl sites for hydroxylation is 1. The summed E-state index contributed by atoms with van der Waals surface area (Å²) < 4.78 is 18.3. The Kier molecular flexibility index (Phi) is 7.21. The molecular formula is C29H28N2O4. The summed E-state index contributed by atoms with van der Waals surface area (Å²) in [5.41, 5.74) is 4.67. The Bertz CT molecular complexity index is 1390. The average Bonchev–Trinajstić information content (AvgIpc) is 3.21. The summed E-state index contributed by atoms with van der Waals surface area (Å²) in [6.45, 7) is 0. The highest BCUT2D eigenvalue weighted by atomic mass is 16.5. The van der Waals surface area contributed by atoms with E-state index in [0.29, 0.717) is 22.9 Å². The summed E-state index contributed by atoms with van der Waals surface area (Å²) in [6.07, 6.45) is 9.32. The molecule has 0 aliphatic carbocycles. The Morgan fingerprint density at radius 1 is 0.829 bits per heavy atom. The molecule has 6 nitrogen and oxygen atoms in total. The molecule has 0 bridgehead atoms. The maximum absolute atomic E-state index is 12.6. The van der Waals surface area contributed by atoms with Crippen molar-refractivity contribution < 1.29 is 19.0 Å². The number of methoxy groups -OCH3 is 3. The first kappa shape index (κ1) is 23.7. The lowest BCUT2D eigenvalue weighted by Gasteiger charge is -2.12. The highest BCUT2D eigenvalue weighted by Crippen LogP contribution is 2.38. The largest absolute Gasteiger partial charge is 0.493 e. The number of hydrogen-bond donors (Lipinski definition) is 1. The van der Waals surface area contributed by atoms with E-state index in [1.54, 1.807) is 27.4 Å². The Morgan fingerprint density at radius 2 is 1.54 bits per heavy atom. The van der Waals surface area contributed by atoms with Crippen LogP contribution in [0.3, 0.4) is 0 Å². The molecule has 0 atom stereocenters.